The third-order valence-electron chi connectivity index (χ3n) is 5.40. The number of carbonyl (C=O) groups is 1. The van der Waals surface area contributed by atoms with Crippen LogP contribution in [0.25, 0.3) is 11.0 Å². The Kier molecular flexibility index (Phi) is 7.76. The number of amides is 1. The lowest BCUT2D eigenvalue weighted by molar-refractivity contribution is -0.122. The van der Waals surface area contributed by atoms with Gasteiger partial charge in [0.1, 0.15) is 22.0 Å². The highest BCUT2D eigenvalue weighted by Gasteiger charge is 2.28. The minimum absolute atomic E-state index is 0.00190. The van der Waals surface area contributed by atoms with Gasteiger partial charge in [-0.25, -0.2) is 22.0 Å². The fourth-order valence-corrected chi connectivity index (χ4v) is 6.06. The first kappa shape index (κ1) is 25.9. The molecule has 36 heavy (non-hydrogen) atoms. The predicted octanol–water partition coefficient (Wildman–Crippen LogP) is 1.59. The molecule has 13 heteroatoms. The molecule has 0 radical (unpaired) electrons. The summed E-state index contributed by atoms with van der Waals surface area (Å²) in [5.74, 6) is -0.493. The number of fused-ring (bicyclic) bond motifs is 1. The Morgan fingerprint density at radius 1 is 0.889 bits per heavy atom. The van der Waals surface area contributed by atoms with Crippen LogP contribution in [-0.2, 0) is 37.7 Å². The highest BCUT2D eigenvalue weighted by molar-refractivity contribution is 7.89. The van der Waals surface area contributed by atoms with Crippen molar-refractivity contribution >= 4 is 48.7 Å². The van der Waals surface area contributed by atoms with E-state index in [0.717, 1.165) is 22.9 Å². The van der Waals surface area contributed by atoms with Crippen molar-refractivity contribution in [1.82, 2.24) is 18.8 Å². The number of nitrogens with two attached hydrogens (primary N) is 1. The van der Waals surface area contributed by atoms with Crippen molar-refractivity contribution in [2.75, 3.05) is 6.54 Å². The second kappa shape index (κ2) is 10.8. The summed E-state index contributed by atoms with van der Waals surface area (Å²) in [6.07, 6.45) is 0.547. The SMILES string of the molecule is NS(=O)(=O)c1ccc(CCNC(=O)[C@@H](Cc2ccccc2)NS(=O)(=O)c2cccc3nsnc23)cc1. The Balaban J connectivity index is 1.49. The second-order valence-corrected chi connectivity index (χ2v) is 11.8. The van der Waals surface area contributed by atoms with E-state index in [2.05, 4.69) is 18.8 Å². The minimum Gasteiger partial charge on any atom is -0.354 e. The van der Waals surface area contributed by atoms with Crippen LogP contribution in [0, 0.1) is 0 Å². The normalized spacial score (nSPS) is 12.9. The van der Waals surface area contributed by atoms with Gasteiger partial charge in [0.25, 0.3) is 0 Å². The highest BCUT2D eigenvalue weighted by atomic mass is 32.2. The molecule has 0 aliphatic heterocycles. The number of primary sulfonamides is 1. The molecule has 0 saturated heterocycles. The van der Waals surface area contributed by atoms with Crippen LogP contribution in [0.1, 0.15) is 11.1 Å². The van der Waals surface area contributed by atoms with Crippen molar-refractivity contribution in [2.24, 2.45) is 5.14 Å². The molecule has 1 heterocycles. The molecule has 0 unspecified atom stereocenters. The Morgan fingerprint density at radius 3 is 2.31 bits per heavy atom. The van der Waals surface area contributed by atoms with Gasteiger partial charge in [0, 0.05) is 6.54 Å². The maximum Gasteiger partial charge on any atom is 0.243 e. The number of nitrogens with zero attached hydrogens (tertiary/aromatic N) is 2. The first-order valence-corrected chi connectivity index (χ1v) is 14.6. The molecule has 1 aromatic heterocycles. The fourth-order valence-electron chi connectivity index (χ4n) is 3.59. The molecule has 0 bridgehead atoms. The number of benzene rings is 3. The number of hydrogen-bond acceptors (Lipinski definition) is 8. The van der Waals surface area contributed by atoms with Gasteiger partial charge in [-0.2, -0.15) is 13.5 Å². The molecule has 3 aromatic carbocycles. The molecular formula is C23H23N5O5S3. The Morgan fingerprint density at radius 2 is 1.61 bits per heavy atom. The average Bonchev–Trinajstić information content (AvgIpc) is 3.33. The molecule has 0 aliphatic carbocycles. The maximum absolute atomic E-state index is 13.2. The number of sulfonamides is 2. The Bertz CT molecular complexity index is 1570. The lowest BCUT2D eigenvalue weighted by atomic mass is 10.1. The van der Waals surface area contributed by atoms with Crippen molar-refractivity contribution in [3.8, 4) is 0 Å². The molecular weight excluding hydrogens is 522 g/mol. The summed E-state index contributed by atoms with van der Waals surface area (Å²) in [4.78, 5) is 13.0. The third-order valence-corrected chi connectivity index (χ3v) is 8.37. The summed E-state index contributed by atoms with van der Waals surface area (Å²) in [6, 6.07) is 18.7. The standard InChI is InChI=1S/C23H23N5O5S3/c24-35(30,31)18-11-9-16(10-12-18)13-14-25-23(29)20(15-17-5-2-1-3-6-17)28-36(32,33)21-8-4-7-19-22(21)27-34-26-19/h1-12,20,28H,13-15H2,(H,25,29)(H2,24,30,31)/t20-/m1/s1. The van der Waals surface area contributed by atoms with Gasteiger partial charge < -0.3 is 5.32 Å². The molecule has 1 amide bonds. The van der Waals surface area contributed by atoms with Crippen LogP contribution < -0.4 is 15.2 Å². The zero-order valence-electron chi connectivity index (χ0n) is 18.9. The smallest absolute Gasteiger partial charge is 0.243 e. The molecule has 0 spiro atoms. The summed E-state index contributed by atoms with van der Waals surface area (Å²) in [5.41, 5.74) is 2.27. The molecule has 1 atom stereocenters. The Labute approximate surface area is 213 Å². The Hall–Kier alpha value is -3.23. The highest BCUT2D eigenvalue weighted by Crippen LogP contribution is 2.21. The van der Waals surface area contributed by atoms with Gasteiger partial charge in [-0.1, -0.05) is 48.5 Å². The van der Waals surface area contributed by atoms with E-state index in [1.807, 2.05) is 30.3 Å². The molecule has 0 fully saturated rings. The topological polar surface area (TPSA) is 161 Å². The van der Waals surface area contributed by atoms with Gasteiger partial charge in [0.2, 0.25) is 26.0 Å². The van der Waals surface area contributed by atoms with Crippen LogP contribution in [0.2, 0.25) is 0 Å². The van der Waals surface area contributed by atoms with E-state index in [9.17, 15) is 21.6 Å². The summed E-state index contributed by atoms with van der Waals surface area (Å²) < 4.78 is 60.0. The van der Waals surface area contributed by atoms with Crippen molar-refractivity contribution in [3.05, 3.63) is 83.9 Å². The van der Waals surface area contributed by atoms with E-state index in [1.165, 1.54) is 18.2 Å². The van der Waals surface area contributed by atoms with E-state index in [-0.39, 0.29) is 28.3 Å². The van der Waals surface area contributed by atoms with Gasteiger partial charge in [-0.3, -0.25) is 4.79 Å². The monoisotopic (exact) mass is 545 g/mol. The number of hydrogen-bond donors (Lipinski definition) is 3. The number of carbonyl (C=O) groups excluding carboxylic acids is 1. The van der Waals surface area contributed by atoms with E-state index in [0.29, 0.717) is 11.9 Å². The summed E-state index contributed by atoms with van der Waals surface area (Å²) in [6.45, 7) is 0.214. The van der Waals surface area contributed by atoms with E-state index in [1.54, 1.807) is 24.3 Å². The van der Waals surface area contributed by atoms with Gasteiger partial charge in [-0.15, -0.1) is 0 Å². The second-order valence-electron chi connectivity index (χ2n) is 7.98. The number of rotatable bonds is 10. The molecule has 4 aromatic rings. The zero-order valence-corrected chi connectivity index (χ0v) is 21.3. The van der Waals surface area contributed by atoms with Crippen molar-refractivity contribution in [3.63, 3.8) is 0 Å². The maximum atomic E-state index is 13.2. The molecule has 4 N–H and O–H groups in total. The quantitative estimate of drug-likeness (QED) is 0.273. The fraction of sp³-hybridized carbons (Fsp3) is 0.174. The number of aromatic nitrogens is 2. The van der Waals surface area contributed by atoms with Crippen LogP contribution in [0.15, 0.2) is 82.6 Å². The number of nitrogens with one attached hydrogen (secondary N) is 2. The van der Waals surface area contributed by atoms with Crippen LogP contribution in [0.4, 0.5) is 0 Å². The molecule has 0 saturated carbocycles. The van der Waals surface area contributed by atoms with Gasteiger partial charge in [0.15, 0.2) is 0 Å². The zero-order chi connectivity index (χ0) is 25.8. The van der Waals surface area contributed by atoms with Crippen LogP contribution >= 0.6 is 11.7 Å². The molecule has 4 rings (SSSR count). The predicted molar refractivity (Wildman–Crippen MR) is 136 cm³/mol. The third kappa shape index (κ3) is 6.30. The van der Waals surface area contributed by atoms with Crippen molar-refractivity contribution < 1.29 is 21.6 Å². The lowest BCUT2D eigenvalue weighted by Gasteiger charge is -2.19. The summed E-state index contributed by atoms with van der Waals surface area (Å²) in [5, 5.41) is 7.88. The van der Waals surface area contributed by atoms with Crippen molar-refractivity contribution in [2.45, 2.75) is 28.7 Å². The van der Waals surface area contributed by atoms with Gasteiger partial charge in [0.05, 0.1) is 16.6 Å². The first-order valence-electron chi connectivity index (χ1n) is 10.8. The minimum atomic E-state index is -4.09. The summed E-state index contributed by atoms with van der Waals surface area (Å²) in [7, 11) is -7.88. The van der Waals surface area contributed by atoms with Crippen molar-refractivity contribution in [1.29, 1.82) is 0 Å². The largest absolute Gasteiger partial charge is 0.354 e. The van der Waals surface area contributed by atoms with Crippen LogP contribution in [0.3, 0.4) is 0 Å². The van der Waals surface area contributed by atoms with Crippen LogP contribution in [0.5, 0.6) is 0 Å². The van der Waals surface area contributed by atoms with E-state index in [4.69, 9.17) is 5.14 Å². The molecule has 0 aliphatic rings. The van der Waals surface area contributed by atoms with Gasteiger partial charge in [-0.05, 0) is 48.2 Å². The van der Waals surface area contributed by atoms with Gasteiger partial charge >= 0.3 is 0 Å². The average molecular weight is 546 g/mol. The lowest BCUT2D eigenvalue weighted by Crippen LogP contribution is -2.48. The van der Waals surface area contributed by atoms with Crippen LogP contribution in [-0.4, -0.2) is 44.1 Å². The summed E-state index contributed by atoms with van der Waals surface area (Å²) >= 11 is 0.910. The first-order chi connectivity index (χ1) is 17.1. The molecule has 10 nitrogen and oxygen atoms in total. The van der Waals surface area contributed by atoms with E-state index < -0.39 is 32.0 Å². The molecule has 188 valence electrons. The van der Waals surface area contributed by atoms with E-state index >= 15 is 0 Å².